The average Bonchev–Trinajstić information content (AvgIpc) is 3.13. The number of hydrogen-bond donors (Lipinski definition) is 1. The number of nitrogens with zero attached hydrogens (tertiary/aromatic N) is 1. The van der Waals surface area contributed by atoms with Crippen LogP contribution in [0.3, 0.4) is 0 Å². The second kappa shape index (κ2) is 39.6. The zero-order valence-corrected chi connectivity index (χ0v) is 35.6. The molecule has 0 spiro atoms. The van der Waals surface area contributed by atoms with Gasteiger partial charge < -0.3 is 19.5 Å². The molecule has 0 aromatic rings. The van der Waals surface area contributed by atoms with Crippen molar-refractivity contribution >= 4 is 11.9 Å². The summed E-state index contributed by atoms with van der Waals surface area (Å²) in [7, 11) is 0. The van der Waals surface area contributed by atoms with E-state index in [2.05, 4.69) is 32.6 Å². The quantitative estimate of drug-likeness (QED) is 0.0496. The molecule has 0 aromatic carbocycles. The number of carbonyl (C=O) groups is 2. The third kappa shape index (κ3) is 33.4. The summed E-state index contributed by atoms with van der Waals surface area (Å²) in [5.41, 5.74) is -0.252. The molecule has 0 aliphatic rings. The summed E-state index contributed by atoms with van der Waals surface area (Å²) in [6.07, 6.45) is 38.8. The molecule has 0 aromatic heterocycles. The summed E-state index contributed by atoms with van der Waals surface area (Å²) in [5.74, 6) is -0.00260. The summed E-state index contributed by atoms with van der Waals surface area (Å²) in [6, 6.07) is 0. The first kappa shape index (κ1) is 50.9. The molecule has 0 heterocycles. The van der Waals surface area contributed by atoms with Crippen LogP contribution in [0.2, 0.25) is 0 Å². The smallest absolute Gasteiger partial charge is 0.306 e. The number of aliphatic hydroxyl groups is 1. The van der Waals surface area contributed by atoms with E-state index in [4.69, 9.17) is 9.47 Å². The topological polar surface area (TPSA) is 76.1 Å². The maximum atomic E-state index is 13.2. The first-order valence-corrected chi connectivity index (χ1v) is 23.2. The van der Waals surface area contributed by atoms with Gasteiger partial charge in [0, 0.05) is 19.4 Å². The van der Waals surface area contributed by atoms with Gasteiger partial charge >= 0.3 is 11.9 Å². The molecule has 6 nitrogen and oxygen atoms in total. The second-order valence-corrected chi connectivity index (χ2v) is 16.0. The lowest BCUT2D eigenvalue weighted by Crippen LogP contribution is -2.35. The van der Waals surface area contributed by atoms with Gasteiger partial charge in [0.25, 0.3) is 0 Å². The third-order valence-electron chi connectivity index (χ3n) is 10.9. The van der Waals surface area contributed by atoms with Crippen LogP contribution in [-0.4, -0.2) is 60.4 Å². The Hall–Kier alpha value is -1.14. The number of ether oxygens (including phenoxy) is 2. The van der Waals surface area contributed by atoms with Gasteiger partial charge in [0.2, 0.25) is 0 Å². The number of rotatable bonds is 42. The van der Waals surface area contributed by atoms with Gasteiger partial charge in [0.1, 0.15) is 5.60 Å². The molecule has 1 N–H and O–H groups in total. The monoisotopic (exact) mass is 738 g/mol. The molecular formula is C46H91NO5. The van der Waals surface area contributed by atoms with Crippen LogP contribution in [0.25, 0.3) is 0 Å². The van der Waals surface area contributed by atoms with Crippen molar-refractivity contribution in [2.24, 2.45) is 0 Å². The van der Waals surface area contributed by atoms with E-state index in [0.717, 1.165) is 110 Å². The Morgan fingerprint density at radius 2 is 0.846 bits per heavy atom. The maximum Gasteiger partial charge on any atom is 0.306 e. The predicted octanol–water partition coefficient (Wildman–Crippen LogP) is 13.4. The molecule has 6 heteroatoms. The zero-order chi connectivity index (χ0) is 38.2. The number of esters is 2. The molecule has 0 rings (SSSR count). The van der Waals surface area contributed by atoms with Gasteiger partial charge in [-0.25, -0.2) is 0 Å². The molecule has 0 bridgehead atoms. The zero-order valence-electron chi connectivity index (χ0n) is 35.6. The number of carbonyl (C=O) groups excluding carboxylic acids is 2. The van der Waals surface area contributed by atoms with E-state index in [9.17, 15) is 14.7 Å². The standard InChI is InChI=1S/C46H91NO5/c1-5-9-12-15-22-29-37-46(36-8-4,38-30-23-16-13-10-6-2)52-45(50)35-28-21-19-25-32-40-47(41-42-48)39-31-24-18-20-27-34-44(49)51-43-33-26-17-14-11-7-3/h48H,5-43H2,1-4H3. The van der Waals surface area contributed by atoms with E-state index < -0.39 is 0 Å². The van der Waals surface area contributed by atoms with Crippen molar-refractivity contribution in [1.82, 2.24) is 4.90 Å². The molecule has 0 atom stereocenters. The van der Waals surface area contributed by atoms with Crippen molar-refractivity contribution in [3.05, 3.63) is 0 Å². The molecule has 310 valence electrons. The molecule has 0 saturated heterocycles. The summed E-state index contributed by atoms with van der Waals surface area (Å²) in [4.78, 5) is 27.5. The van der Waals surface area contributed by atoms with Gasteiger partial charge in [-0.2, -0.15) is 0 Å². The van der Waals surface area contributed by atoms with Crippen LogP contribution in [0, 0.1) is 0 Å². The van der Waals surface area contributed by atoms with Crippen LogP contribution in [0.5, 0.6) is 0 Å². The number of hydrogen-bond acceptors (Lipinski definition) is 6. The molecule has 0 aliphatic carbocycles. The average molecular weight is 738 g/mol. The van der Waals surface area contributed by atoms with Gasteiger partial charge in [-0.05, 0) is 77.3 Å². The van der Waals surface area contributed by atoms with Crippen molar-refractivity contribution in [2.75, 3.05) is 32.8 Å². The van der Waals surface area contributed by atoms with E-state index in [1.165, 1.54) is 116 Å². The fraction of sp³-hybridized carbons (Fsp3) is 0.957. The van der Waals surface area contributed by atoms with Gasteiger partial charge in [0.05, 0.1) is 13.2 Å². The SMILES string of the molecule is CCCCCCCCOC(=O)CCCCCCCN(CCO)CCCCCCCC(=O)OC(CCC)(CCCCCCCC)CCCCCCCC. The summed E-state index contributed by atoms with van der Waals surface area (Å²) in [6.45, 7) is 12.6. The molecular weight excluding hydrogens is 647 g/mol. The minimum Gasteiger partial charge on any atom is -0.466 e. The lowest BCUT2D eigenvalue weighted by molar-refractivity contribution is -0.163. The van der Waals surface area contributed by atoms with E-state index in [-0.39, 0.29) is 24.1 Å². The van der Waals surface area contributed by atoms with Crippen molar-refractivity contribution in [2.45, 2.75) is 252 Å². The minimum atomic E-state index is -0.252. The fourth-order valence-electron chi connectivity index (χ4n) is 7.62. The predicted molar refractivity (Wildman–Crippen MR) is 223 cm³/mol. The van der Waals surface area contributed by atoms with Crippen molar-refractivity contribution in [3.63, 3.8) is 0 Å². The molecule has 0 fully saturated rings. The van der Waals surface area contributed by atoms with E-state index in [1.807, 2.05) is 0 Å². The van der Waals surface area contributed by atoms with Crippen molar-refractivity contribution in [1.29, 1.82) is 0 Å². The Morgan fingerprint density at radius 3 is 1.31 bits per heavy atom. The van der Waals surface area contributed by atoms with Gasteiger partial charge in [-0.15, -0.1) is 0 Å². The van der Waals surface area contributed by atoms with Crippen LogP contribution in [0.4, 0.5) is 0 Å². The highest BCUT2D eigenvalue weighted by Crippen LogP contribution is 2.33. The fourth-order valence-corrected chi connectivity index (χ4v) is 7.62. The lowest BCUT2D eigenvalue weighted by Gasteiger charge is -2.34. The molecule has 0 radical (unpaired) electrons. The van der Waals surface area contributed by atoms with Crippen molar-refractivity contribution in [3.8, 4) is 0 Å². The van der Waals surface area contributed by atoms with Gasteiger partial charge in [-0.1, -0.05) is 169 Å². The number of aliphatic hydroxyl groups excluding tert-OH is 1. The molecule has 0 unspecified atom stereocenters. The van der Waals surface area contributed by atoms with Crippen LogP contribution in [-0.2, 0) is 19.1 Å². The molecule has 52 heavy (non-hydrogen) atoms. The Balaban J connectivity index is 4.24. The summed E-state index contributed by atoms with van der Waals surface area (Å²) in [5, 5.41) is 9.58. The Bertz CT molecular complexity index is 743. The summed E-state index contributed by atoms with van der Waals surface area (Å²) >= 11 is 0. The van der Waals surface area contributed by atoms with Crippen molar-refractivity contribution < 1.29 is 24.2 Å². The summed E-state index contributed by atoms with van der Waals surface area (Å²) < 4.78 is 11.8. The second-order valence-electron chi connectivity index (χ2n) is 16.0. The van der Waals surface area contributed by atoms with Crippen LogP contribution < -0.4 is 0 Å². The van der Waals surface area contributed by atoms with Crippen LogP contribution in [0.15, 0.2) is 0 Å². The van der Waals surface area contributed by atoms with Gasteiger partial charge in [0.15, 0.2) is 0 Å². The Morgan fingerprint density at radius 1 is 0.442 bits per heavy atom. The molecule has 0 saturated carbocycles. The normalized spacial score (nSPS) is 11.8. The van der Waals surface area contributed by atoms with E-state index in [1.54, 1.807) is 0 Å². The Labute approximate surface area is 324 Å². The minimum absolute atomic E-state index is 0.0305. The molecule has 0 amide bonds. The number of unbranched alkanes of at least 4 members (excludes halogenated alkanes) is 23. The first-order valence-electron chi connectivity index (χ1n) is 23.2. The van der Waals surface area contributed by atoms with Crippen LogP contribution in [0.1, 0.15) is 246 Å². The van der Waals surface area contributed by atoms with E-state index >= 15 is 0 Å². The Kier molecular flexibility index (Phi) is 38.7. The largest absolute Gasteiger partial charge is 0.466 e. The highest BCUT2D eigenvalue weighted by Gasteiger charge is 2.32. The van der Waals surface area contributed by atoms with Gasteiger partial charge in [-0.3, -0.25) is 9.59 Å². The van der Waals surface area contributed by atoms with Crippen LogP contribution >= 0.6 is 0 Å². The molecule has 0 aliphatic heterocycles. The lowest BCUT2D eigenvalue weighted by atomic mass is 9.85. The highest BCUT2D eigenvalue weighted by atomic mass is 16.6. The third-order valence-corrected chi connectivity index (χ3v) is 10.9. The maximum absolute atomic E-state index is 13.2. The highest BCUT2D eigenvalue weighted by molar-refractivity contribution is 5.70. The first-order chi connectivity index (χ1) is 25.5. The van der Waals surface area contributed by atoms with E-state index in [0.29, 0.717) is 19.4 Å².